The summed E-state index contributed by atoms with van der Waals surface area (Å²) in [5.74, 6) is 0.606. The number of ether oxygens (including phenoxy) is 1. The van der Waals surface area contributed by atoms with Crippen LogP contribution in [0.4, 0.5) is 30.6 Å². The number of aromatic nitrogens is 3. The van der Waals surface area contributed by atoms with Crippen molar-refractivity contribution in [3.05, 3.63) is 29.6 Å². The number of aryl methyl sites for hydroxylation is 1. The molecular weight excluding hydrogens is 389 g/mol. The minimum absolute atomic E-state index is 0.0394. The molecule has 0 bridgehead atoms. The Morgan fingerprint density at radius 2 is 2.10 bits per heavy atom. The molecule has 0 fully saturated rings. The summed E-state index contributed by atoms with van der Waals surface area (Å²) in [6, 6.07) is 2.32. The van der Waals surface area contributed by atoms with E-state index in [-0.39, 0.29) is 18.5 Å². The summed E-state index contributed by atoms with van der Waals surface area (Å²) < 4.78 is 40.4. The highest BCUT2D eigenvalue weighted by molar-refractivity contribution is 6.05. The molecule has 0 saturated carbocycles. The van der Waals surface area contributed by atoms with Crippen molar-refractivity contribution >= 4 is 23.4 Å². The summed E-state index contributed by atoms with van der Waals surface area (Å²) in [5.41, 5.74) is 2.22. The minimum atomic E-state index is -4.77. The molecule has 0 aromatic carbocycles. The van der Waals surface area contributed by atoms with E-state index in [4.69, 9.17) is 0 Å². The SMILES string of the molecule is C[C@H]1C(=O)N2CCCc3nc(NCc4ccc(OC(F)(F)F)nc4)nc(c32)N1C. The van der Waals surface area contributed by atoms with Crippen molar-refractivity contribution in [2.45, 2.75) is 38.7 Å². The van der Waals surface area contributed by atoms with Gasteiger partial charge in [0.1, 0.15) is 11.7 Å². The number of carbonyl (C=O) groups is 1. The molecule has 1 atom stereocenters. The number of likely N-dealkylation sites (N-methyl/N-ethyl adjacent to an activating group) is 1. The van der Waals surface area contributed by atoms with E-state index in [2.05, 4.69) is 25.0 Å². The quantitative estimate of drug-likeness (QED) is 0.832. The lowest BCUT2D eigenvalue weighted by Crippen LogP contribution is -2.53. The molecule has 1 amide bonds. The lowest BCUT2D eigenvalue weighted by Gasteiger charge is -2.41. The first-order valence-corrected chi connectivity index (χ1v) is 9.12. The molecule has 0 spiro atoms. The lowest BCUT2D eigenvalue weighted by atomic mass is 10.0. The summed E-state index contributed by atoms with van der Waals surface area (Å²) in [6.07, 6.45) is -1.90. The van der Waals surface area contributed by atoms with Crippen LogP contribution < -0.4 is 19.9 Å². The molecule has 4 rings (SSSR count). The minimum Gasteiger partial charge on any atom is -0.388 e. The fourth-order valence-corrected chi connectivity index (χ4v) is 3.45. The predicted molar refractivity (Wildman–Crippen MR) is 98.8 cm³/mol. The summed E-state index contributed by atoms with van der Waals surface area (Å²) in [7, 11) is 1.82. The van der Waals surface area contributed by atoms with Gasteiger partial charge in [-0.1, -0.05) is 6.07 Å². The van der Waals surface area contributed by atoms with Gasteiger partial charge in [0.05, 0.1) is 5.69 Å². The molecule has 4 heterocycles. The van der Waals surface area contributed by atoms with Crippen LogP contribution in [0.3, 0.4) is 0 Å². The van der Waals surface area contributed by atoms with Crippen LogP contribution in [0.5, 0.6) is 5.88 Å². The van der Waals surface area contributed by atoms with E-state index in [1.165, 1.54) is 12.3 Å². The van der Waals surface area contributed by atoms with Crippen molar-refractivity contribution in [1.29, 1.82) is 0 Å². The van der Waals surface area contributed by atoms with Gasteiger partial charge in [0.25, 0.3) is 0 Å². The largest absolute Gasteiger partial charge is 0.574 e. The van der Waals surface area contributed by atoms with Crippen molar-refractivity contribution in [3.8, 4) is 5.88 Å². The van der Waals surface area contributed by atoms with Gasteiger partial charge in [0.15, 0.2) is 5.82 Å². The van der Waals surface area contributed by atoms with Crippen molar-refractivity contribution in [2.24, 2.45) is 0 Å². The number of nitrogens with zero attached hydrogens (tertiary/aromatic N) is 5. The van der Waals surface area contributed by atoms with Gasteiger partial charge < -0.3 is 19.9 Å². The monoisotopic (exact) mass is 408 g/mol. The Labute approximate surface area is 164 Å². The van der Waals surface area contributed by atoms with Crippen LogP contribution in [0.2, 0.25) is 0 Å². The van der Waals surface area contributed by atoms with Gasteiger partial charge in [-0.15, -0.1) is 13.2 Å². The Morgan fingerprint density at radius 1 is 1.31 bits per heavy atom. The highest BCUT2D eigenvalue weighted by atomic mass is 19.4. The average molecular weight is 408 g/mol. The molecule has 29 heavy (non-hydrogen) atoms. The highest BCUT2D eigenvalue weighted by Gasteiger charge is 2.38. The molecule has 1 N–H and O–H groups in total. The van der Waals surface area contributed by atoms with E-state index >= 15 is 0 Å². The van der Waals surface area contributed by atoms with Gasteiger partial charge in [-0.05, 0) is 25.3 Å². The van der Waals surface area contributed by atoms with Gasteiger partial charge in [-0.3, -0.25) is 4.79 Å². The molecule has 154 valence electrons. The standard InChI is InChI=1S/C18H19F3N6O2/c1-10-16(28)27-7-3-4-12-14(27)15(26(10)2)25-17(24-12)23-9-11-5-6-13(22-8-11)29-18(19,20)21/h5-6,8,10H,3-4,7,9H2,1-2H3,(H,23,24,25)/t10-/m0/s1. The van der Waals surface area contributed by atoms with E-state index in [1.807, 2.05) is 18.9 Å². The number of pyridine rings is 1. The third-order valence-corrected chi connectivity index (χ3v) is 5.01. The number of carbonyl (C=O) groups excluding carboxylic acids is 1. The number of nitrogens with one attached hydrogen (secondary N) is 1. The van der Waals surface area contributed by atoms with Crippen LogP contribution >= 0.6 is 0 Å². The van der Waals surface area contributed by atoms with Crippen molar-refractivity contribution in [1.82, 2.24) is 15.0 Å². The molecule has 0 unspecified atom stereocenters. The van der Waals surface area contributed by atoms with Crippen LogP contribution in [0, 0.1) is 0 Å². The first-order chi connectivity index (χ1) is 13.7. The Kier molecular flexibility index (Phi) is 4.67. The molecule has 8 nitrogen and oxygen atoms in total. The molecule has 0 aliphatic carbocycles. The maximum absolute atomic E-state index is 12.6. The van der Waals surface area contributed by atoms with Gasteiger partial charge in [0.2, 0.25) is 17.7 Å². The molecule has 2 aromatic rings. The average Bonchev–Trinajstić information content (AvgIpc) is 2.68. The molecule has 0 radical (unpaired) electrons. The fourth-order valence-electron chi connectivity index (χ4n) is 3.45. The maximum atomic E-state index is 12.6. The first-order valence-electron chi connectivity index (χ1n) is 9.12. The van der Waals surface area contributed by atoms with Crippen molar-refractivity contribution in [3.63, 3.8) is 0 Å². The molecule has 11 heteroatoms. The second-order valence-electron chi connectivity index (χ2n) is 6.95. The summed E-state index contributed by atoms with van der Waals surface area (Å²) in [6.45, 7) is 2.77. The normalized spacial score (nSPS) is 18.5. The smallest absolute Gasteiger partial charge is 0.388 e. The van der Waals surface area contributed by atoms with Crippen LogP contribution in [0.1, 0.15) is 24.6 Å². The third kappa shape index (κ3) is 3.76. The van der Waals surface area contributed by atoms with E-state index in [0.29, 0.717) is 23.9 Å². The fraction of sp³-hybridized carbons (Fsp3) is 0.444. The summed E-state index contributed by atoms with van der Waals surface area (Å²) in [4.78, 5) is 28.9. The number of alkyl halides is 3. The topological polar surface area (TPSA) is 83.5 Å². The van der Waals surface area contributed by atoms with Crippen LogP contribution in [-0.2, 0) is 17.8 Å². The van der Waals surface area contributed by atoms with E-state index in [9.17, 15) is 18.0 Å². The summed E-state index contributed by atoms with van der Waals surface area (Å²) >= 11 is 0. The third-order valence-electron chi connectivity index (χ3n) is 5.01. The van der Waals surface area contributed by atoms with Gasteiger partial charge >= 0.3 is 6.36 Å². The number of hydrogen-bond donors (Lipinski definition) is 1. The molecule has 0 saturated heterocycles. The molecule has 2 aliphatic rings. The molecule has 2 aliphatic heterocycles. The van der Waals surface area contributed by atoms with Gasteiger partial charge in [-0.2, -0.15) is 4.98 Å². The number of halogens is 3. The Hall–Kier alpha value is -3.11. The zero-order chi connectivity index (χ0) is 20.8. The Bertz CT molecular complexity index is 934. The Balaban J connectivity index is 1.53. The van der Waals surface area contributed by atoms with Crippen LogP contribution in [0.25, 0.3) is 0 Å². The van der Waals surface area contributed by atoms with Crippen molar-refractivity contribution in [2.75, 3.05) is 28.7 Å². The van der Waals surface area contributed by atoms with Gasteiger partial charge in [-0.25, -0.2) is 9.97 Å². The Morgan fingerprint density at radius 3 is 2.79 bits per heavy atom. The second kappa shape index (κ2) is 7.05. The molecule has 2 aromatic heterocycles. The van der Waals surface area contributed by atoms with Gasteiger partial charge in [0, 0.05) is 32.4 Å². The zero-order valence-corrected chi connectivity index (χ0v) is 15.8. The van der Waals surface area contributed by atoms with Crippen LogP contribution in [0.15, 0.2) is 18.3 Å². The number of anilines is 3. The second-order valence-corrected chi connectivity index (χ2v) is 6.95. The maximum Gasteiger partial charge on any atom is 0.574 e. The van der Waals surface area contributed by atoms with E-state index in [0.717, 1.165) is 30.3 Å². The number of amides is 1. The van der Waals surface area contributed by atoms with Crippen LogP contribution in [-0.4, -0.2) is 46.9 Å². The number of hydrogen-bond acceptors (Lipinski definition) is 7. The lowest BCUT2D eigenvalue weighted by molar-refractivity contribution is -0.276. The first kappa shape index (κ1) is 19.2. The highest BCUT2D eigenvalue weighted by Crippen LogP contribution is 2.39. The van der Waals surface area contributed by atoms with E-state index < -0.39 is 12.2 Å². The van der Waals surface area contributed by atoms with E-state index in [1.54, 1.807) is 4.90 Å². The molecular formula is C18H19F3N6O2. The van der Waals surface area contributed by atoms with Crippen molar-refractivity contribution < 1.29 is 22.7 Å². The predicted octanol–water partition coefficient (Wildman–Crippen LogP) is 2.50. The number of rotatable bonds is 4. The zero-order valence-electron chi connectivity index (χ0n) is 15.8. The summed E-state index contributed by atoms with van der Waals surface area (Å²) in [5, 5.41) is 3.08.